The van der Waals surface area contributed by atoms with Gasteiger partial charge in [-0.1, -0.05) is 11.6 Å². The average Bonchev–Trinajstić information content (AvgIpc) is 3.10. The van der Waals surface area contributed by atoms with Crippen molar-refractivity contribution in [3.63, 3.8) is 0 Å². The lowest BCUT2D eigenvalue weighted by molar-refractivity contribution is 0.603. The molecule has 0 atom stereocenters. The van der Waals surface area contributed by atoms with Crippen molar-refractivity contribution in [2.75, 3.05) is 4.72 Å². The van der Waals surface area contributed by atoms with Gasteiger partial charge in [-0.05, 0) is 36.4 Å². The first-order valence-corrected chi connectivity index (χ1v) is 8.59. The Bertz CT molecular complexity index is 840. The molecule has 0 saturated carbocycles. The molecular formula is C13H10ClN3O2S2. The molecule has 0 saturated heterocycles. The zero-order valence-electron chi connectivity index (χ0n) is 10.6. The number of thiophene rings is 1. The van der Waals surface area contributed by atoms with E-state index in [0.717, 1.165) is 17.0 Å². The number of hydrogen-bond acceptors (Lipinski definition) is 4. The van der Waals surface area contributed by atoms with Crippen molar-refractivity contribution in [1.29, 1.82) is 0 Å². The first-order chi connectivity index (χ1) is 10.0. The number of nitrogens with zero attached hydrogens (tertiary/aromatic N) is 2. The van der Waals surface area contributed by atoms with Crippen LogP contribution in [0.4, 0.5) is 5.69 Å². The Hall–Kier alpha value is -1.83. The summed E-state index contributed by atoms with van der Waals surface area (Å²) in [6, 6.07) is 10.0. The fourth-order valence-corrected chi connectivity index (χ4v) is 4.30. The number of imidazole rings is 1. The maximum absolute atomic E-state index is 12.2. The van der Waals surface area contributed by atoms with E-state index in [0.29, 0.717) is 10.0 Å². The first-order valence-electron chi connectivity index (χ1n) is 5.91. The van der Waals surface area contributed by atoms with Crippen molar-refractivity contribution in [3.8, 4) is 5.69 Å². The zero-order chi connectivity index (χ0) is 14.9. The third-order valence-electron chi connectivity index (χ3n) is 2.74. The standard InChI is InChI=1S/C13H10ClN3O2S2/c14-12-5-6-13(20-12)21(18,19)16-10-1-3-11(4-2-10)17-8-7-15-9-17/h1-9,16H. The Labute approximate surface area is 130 Å². The van der Waals surface area contributed by atoms with Gasteiger partial charge in [-0.25, -0.2) is 13.4 Å². The van der Waals surface area contributed by atoms with Crippen LogP contribution in [-0.2, 0) is 10.0 Å². The molecule has 8 heteroatoms. The van der Waals surface area contributed by atoms with Crippen LogP contribution >= 0.6 is 22.9 Å². The van der Waals surface area contributed by atoms with Crippen LogP contribution in [0.15, 0.2) is 59.3 Å². The van der Waals surface area contributed by atoms with Crippen LogP contribution < -0.4 is 4.72 Å². The molecule has 0 radical (unpaired) electrons. The Balaban J connectivity index is 1.82. The van der Waals surface area contributed by atoms with Crippen molar-refractivity contribution in [2.45, 2.75) is 4.21 Å². The van der Waals surface area contributed by atoms with E-state index in [-0.39, 0.29) is 4.21 Å². The minimum atomic E-state index is -3.59. The molecule has 108 valence electrons. The van der Waals surface area contributed by atoms with E-state index >= 15 is 0 Å². The van der Waals surface area contributed by atoms with Crippen LogP contribution in [0, 0.1) is 0 Å². The van der Waals surface area contributed by atoms with Crippen molar-refractivity contribution >= 4 is 38.6 Å². The summed E-state index contributed by atoms with van der Waals surface area (Å²) in [5.41, 5.74) is 1.39. The molecule has 0 amide bonds. The summed E-state index contributed by atoms with van der Waals surface area (Å²) in [4.78, 5) is 3.96. The summed E-state index contributed by atoms with van der Waals surface area (Å²) >= 11 is 6.78. The Morgan fingerprint density at radius 3 is 2.48 bits per heavy atom. The van der Waals surface area contributed by atoms with Gasteiger partial charge in [-0.2, -0.15) is 0 Å². The Kier molecular flexibility index (Phi) is 3.71. The summed E-state index contributed by atoms with van der Waals surface area (Å²) in [5.74, 6) is 0. The molecular weight excluding hydrogens is 330 g/mol. The number of hydrogen-bond donors (Lipinski definition) is 1. The van der Waals surface area contributed by atoms with Gasteiger partial charge in [0.15, 0.2) is 0 Å². The number of anilines is 1. The van der Waals surface area contributed by atoms with Crippen molar-refractivity contribution < 1.29 is 8.42 Å². The lowest BCUT2D eigenvalue weighted by Gasteiger charge is -2.07. The van der Waals surface area contributed by atoms with Gasteiger partial charge in [0.25, 0.3) is 10.0 Å². The molecule has 0 aliphatic carbocycles. The maximum Gasteiger partial charge on any atom is 0.271 e. The van der Waals surface area contributed by atoms with Crippen LogP contribution in [0.1, 0.15) is 0 Å². The molecule has 3 rings (SSSR count). The van der Waals surface area contributed by atoms with Crippen molar-refractivity contribution in [2.24, 2.45) is 0 Å². The van der Waals surface area contributed by atoms with E-state index in [4.69, 9.17) is 11.6 Å². The zero-order valence-corrected chi connectivity index (χ0v) is 13.0. The van der Waals surface area contributed by atoms with Gasteiger partial charge in [0.05, 0.1) is 10.7 Å². The number of rotatable bonds is 4. The fourth-order valence-electron chi connectivity index (χ4n) is 1.76. The second-order valence-corrected chi connectivity index (χ2v) is 7.81. The predicted molar refractivity (Wildman–Crippen MR) is 83.7 cm³/mol. The number of benzene rings is 1. The van der Waals surface area contributed by atoms with Gasteiger partial charge < -0.3 is 4.57 Å². The minimum Gasteiger partial charge on any atom is -0.306 e. The smallest absolute Gasteiger partial charge is 0.271 e. The molecule has 5 nitrogen and oxygen atoms in total. The van der Waals surface area contributed by atoms with Crippen molar-refractivity contribution in [3.05, 3.63) is 59.5 Å². The van der Waals surface area contributed by atoms with E-state index < -0.39 is 10.0 Å². The molecule has 2 heterocycles. The molecule has 2 aromatic heterocycles. The van der Waals surface area contributed by atoms with Gasteiger partial charge in [0.2, 0.25) is 0 Å². The first kappa shape index (κ1) is 14.1. The SMILES string of the molecule is O=S(=O)(Nc1ccc(-n2ccnc2)cc1)c1ccc(Cl)s1. The molecule has 0 aliphatic rings. The number of nitrogens with one attached hydrogen (secondary N) is 1. The molecule has 0 spiro atoms. The second-order valence-electron chi connectivity index (χ2n) is 4.18. The lowest BCUT2D eigenvalue weighted by atomic mass is 10.3. The largest absolute Gasteiger partial charge is 0.306 e. The van der Waals surface area contributed by atoms with Crippen LogP contribution in [0.2, 0.25) is 4.34 Å². The van der Waals surface area contributed by atoms with E-state index in [1.807, 2.05) is 10.8 Å². The van der Waals surface area contributed by atoms with Gasteiger partial charge in [-0.3, -0.25) is 4.72 Å². The van der Waals surface area contributed by atoms with E-state index in [1.165, 1.54) is 6.07 Å². The molecule has 0 unspecified atom stereocenters. The lowest BCUT2D eigenvalue weighted by Crippen LogP contribution is -2.11. The number of halogens is 1. The summed E-state index contributed by atoms with van der Waals surface area (Å²) in [7, 11) is -3.59. The molecule has 3 aromatic rings. The molecule has 1 aromatic carbocycles. The summed E-state index contributed by atoms with van der Waals surface area (Å²) < 4.78 is 29.3. The highest BCUT2D eigenvalue weighted by Gasteiger charge is 2.16. The van der Waals surface area contributed by atoms with Gasteiger partial charge in [-0.15, -0.1) is 11.3 Å². The second kappa shape index (κ2) is 5.51. The third kappa shape index (κ3) is 3.10. The number of aromatic nitrogens is 2. The monoisotopic (exact) mass is 339 g/mol. The van der Waals surface area contributed by atoms with Gasteiger partial charge in [0.1, 0.15) is 4.21 Å². The molecule has 0 bridgehead atoms. The quantitative estimate of drug-likeness (QED) is 0.792. The normalized spacial score (nSPS) is 11.5. The fraction of sp³-hybridized carbons (Fsp3) is 0. The molecule has 1 N–H and O–H groups in total. The predicted octanol–water partition coefficient (Wildman–Crippen LogP) is 3.39. The van der Waals surface area contributed by atoms with E-state index in [9.17, 15) is 8.42 Å². The summed E-state index contributed by atoms with van der Waals surface area (Å²) in [6.07, 6.45) is 5.16. The van der Waals surface area contributed by atoms with Crippen LogP contribution in [-0.4, -0.2) is 18.0 Å². The minimum absolute atomic E-state index is 0.186. The van der Waals surface area contributed by atoms with Crippen LogP contribution in [0.25, 0.3) is 5.69 Å². The highest BCUT2D eigenvalue weighted by Crippen LogP contribution is 2.27. The van der Waals surface area contributed by atoms with E-state index in [2.05, 4.69) is 9.71 Å². The van der Waals surface area contributed by atoms with Crippen LogP contribution in [0.3, 0.4) is 0 Å². The van der Waals surface area contributed by atoms with E-state index in [1.54, 1.807) is 42.9 Å². The average molecular weight is 340 g/mol. The summed E-state index contributed by atoms with van der Waals surface area (Å²) in [5, 5.41) is 0. The third-order valence-corrected chi connectivity index (χ3v) is 5.84. The Morgan fingerprint density at radius 1 is 1.14 bits per heavy atom. The van der Waals surface area contributed by atoms with Gasteiger partial charge >= 0.3 is 0 Å². The molecule has 0 aliphatic heterocycles. The molecule has 21 heavy (non-hydrogen) atoms. The van der Waals surface area contributed by atoms with Crippen molar-refractivity contribution in [1.82, 2.24) is 9.55 Å². The Morgan fingerprint density at radius 2 is 1.90 bits per heavy atom. The highest BCUT2D eigenvalue weighted by atomic mass is 35.5. The van der Waals surface area contributed by atoms with Gasteiger partial charge in [0, 0.05) is 23.8 Å². The maximum atomic E-state index is 12.2. The topological polar surface area (TPSA) is 64.0 Å². The highest BCUT2D eigenvalue weighted by molar-refractivity contribution is 7.94. The molecule has 0 fully saturated rings. The summed E-state index contributed by atoms with van der Waals surface area (Å²) in [6.45, 7) is 0. The number of sulfonamides is 1. The van der Waals surface area contributed by atoms with Crippen LogP contribution in [0.5, 0.6) is 0 Å².